The number of benzene rings is 1. The zero-order valence-corrected chi connectivity index (χ0v) is 14.7. The van der Waals surface area contributed by atoms with Crippen LogP contribution in [0, 0.1) is 12.8 Å². The Morgan fingerprint density at radius 1 is 1.32 bits per heavy atom. The van der Waals surface area contributed by atoms with E-state index >= 15 is 0 Å². The lowest BCUT2D eigenvalue weighted by molar-refractivity contribution is 0.352. The summed E-state index contributed by atoms with van der Waals surface area (Å²) in [5, 5.41) is 5.41. The molecule has 1 aliphatic rings. The van der Waals surface area contributed by atoms with Crippen LogP contribution in [-0.2, 0) is 6.54 Å². The third kappa shape index (κ3) is 3.16. The number of pyridine rings is 1. The number of aromatic nitrogens is 4. The number of anilines is 1. The van der Waals surface area contributed by atoms with Crippen LogP contribution < -0.4 is 9.64 Å². The summed E-state index contributed by atoms with van der Waals surface area (Å²) < 4.78 is 7.45. The van der Waals surface area contributed by atoms with Gasteiger partial charge in [-0.15, -0.1) is 0 Å². The summed E-state index contributed by atoms with van der Waals surface area (Å²) in [5.74, 6) is 1.41. The highest BCUT2D eigenvalue weighted by Crippen LogP contribution is 2.34. The average Bonchev–Trinajstić information content (AvgIpc) is 3.13. The molecule has 0 bridgehead atoms. The third-order valence-electron chi connectivity index (χ3n) is 4.90. The number of fused-ring (bicyclic) bond motifs is 1. The van der Waals surface area contributed by atoms with Crippen molar-refractivity contribution in [1.29, 1.82) is 0 Å². The van der Waals surface area contributed by atoms with Crippen molar-refractivity contribution in [3.63, 3.8) is 0 Å². The standard InChI is InChI=1S/C19H23N5O/c1-14-9-17(16-6-3-7-18(25-2)19(16)22-14)23-8-4-5-15(10-23)11-24-13-20-12-21-24/h3,6-7,9,12-13,15H,4-5,8,10-11H2,1-2H3. The lowest BCUT2D eigenvalue weighted by Crippen LogP contribution is -2.37. The molecule has 0 saturated carbocycles. The van der Waals surface area contributed by atoms with E-state index < -0.39 is 0 Å². The van der Waals surface area contributed by atoms with Gasteiger partial charge in [-0.05, 0) is 37.8 Å². The molecule has 1 unspecified atom stereocenters. The molecule has 1 fully saturated rings. The van der Waals surface area contributed by atoms with Gasteiger partial charge in [-0.1, -0.05) is 12.1 Å². The second kappa shape index (κ2) is 6.70. The van der Waals surface area contributed by atoms with Crippen LogP contribution in [0.15, 0.2) is 36.9 Å². The van der Waals surface area contributed by atoms with Crippen molar-refractivity contribution in [3.05, 3.63) is 42.6 Å². The molecule has 0 amide bonds. The zero-order chi connectivity index (χ0) is 17.2. The van der Waals surface area contributed by atoms with Crippen LogP contribution in [-0.4, -0.2) is 39.9 Å². The first-order valence-electron chi connectivity index (χ1n) is 8.76. The van der Waals surface area contributed by atoms with E-state index in [1.807, 2.05) is 23.7 Å². The Morgan fingerprint density at radius 3 is 3.04 bits per heavy atom. The fourth-order valence-electron chi connectivity index (χ4n) is 3.78. The Kier molecular flexibility index (Phi) is 4.26. The third-order valence-corrected chi connectivity index (χ3v) is 4.90. The summed E-state index contributed by atoms with van der Waals surface area (Å²) in [5.41, 5.74) is 3.22. The van der Waals surface area contributed by atoms with Crippen LogP contribution in [0.3, 0.4) is 0 Å². The van der Waals surface area contributed by atoms with Crippen molar-refractivity contribution >= 4 is 16.6 Å². The van der Waals surface area contributed by atoms with Gasteiger partial charge in [0.05, 0.1) is 7.11 Å². The van der Waals surface area contributed by atoms with E-state index in [0.29, 0.717) is 5.92 Å². The number of aryl methyl sites for hydroxylation is 1. The Bertz CT molecular complexity index is 862. The van der Waals surface area contributed by atoms with E-state index in [9.17, 15) is 0 Å². The summed E-state index contributed by atoms with van der Waals surface area (Å²) >= 11 is 0. The van der Waals surface area contributed by atoms with Crippen LogP contribution in [0.5, 0.6) is 5.75 Å². The molecule has 6 nitrogen and oxygen atoms in total. The highest BCUT2D eigenvalue weighted by atomic mass is 16.5. The molecule has 4 rings (SSSR count). The van der Waals surface area contributed by atoms with E-state index in [0.717, 1.165) is 42.0 Å². The predicted molar refractivity (Wildman–Crippen MR) is 98.0 cm³/mol. The highest BCUT2D eigenvalue weighted by Gasteiger charge is 2.23. The molecule has 2 aromatic heterocycles. The van der Waals surface area contributed by atoms with Crippen LogP contribution in [0.2, 0.25) is 0 Å². The summed E-state index contributed by atoms with van der Waals surface area (Å²) in [6, 6.07) is 8.35. The minimum absolute atomic E-state index is 0.574. The van der Waals surface area contributed by atoms with Gasteiger partial charge in [0.1, 0.15) is 23.9 Å². The van der Waals surface area contributed by atoms with E-state index in [4.69, 9.17) is 9.72 Å². The molecule has 1 aromatic carbocycles. The van der Waals surface area contributed by atoms with Gasteiger partial charge in [-0.25, -0.2) is 9.97 Å². The summed E-state index contributed by atoms with van der Waals surface area (Å²) in [7, 11) is 1.70. The first-order chi connectivity index (χ1) is 12.2. The lowest BCUT2D eigenvalue weighted by Gasteiger charge is -2.35. The summed E-state index contributed by atoms with van der Waals surface area (Å²) in [6.07, 6.45) is 5.82. The minimum Gasteiger partial charge on any atom is -0.494 e. The number of nitrogens with zero attached hydrogens (tertiary/aromatic N) is 5. The Hall–Kier alpha value is -2.63. The predicted octanol–water partition coefficient (Wildman–Crippen LogP) is 3.06. The number of piperidine rings is 1. The molecule has 0 N–H and O–H groups in total. The Labute approximate surface area is 147 Å². The molecule has 6 heteroatoms. The van der Waals surface area contributed by atoms with Crippen molar-refractivity contribution in [2.45, 2.75) is 26.3 Å². The Morgan fingerprint density at radius 2 is 2.24 bits per heavy atom. The smallest absolute Gasteiger partial charge is 0.145 e. The molecular formula is C19H23N5O. The maximum atomic E-state index is 5.52. The number of hydrogen-bond acceptors (Lipinski definition) is 5. The van der Waals surface area contributed by atoms with Gasteiger partial charge in [0.15, 0.2) is 0 Å². The fraction of sp³-hybridized carbons (Fsp3) is 0.421. The lowest BCUT2D eigenvalue weighted by atomic mass is 9.97. The van der Waals surface area contributed by atoms with Gasteiger partial charge >= 0.3 is 0 Å². The van der Waals surface area contributed by atoms with Crippen molar-refractivity contribution in [3.8, 4) is 5.75 Å². The first-order valence-corrected chi connectivity index (χ1v) is 8.76. The van der Waals surface area contributed by atoms with Crippen LogP contribution in [0.4, 0.5) is 5.69 Å². The SMILES string of the molecule is COc1cccc2c(N3CCCC(Cn4cncn4)C3)cc(C)nc12. The molecule has 0 aliphatic carbocycles. The highest BCUT2D eigenvalue weighted by molar-refractivity contribution is 5.95. The van der Waals surface area contributed by atoms with Gasteiger partial charge in [0.25, 0.3) is 0 Å². The number of para-hydroxylation sites is 1. The average molecular weight is 337 g/mol. The van der Waals surface area contributed by atoms with Gasteiger partial charge in [0, 0.05) is 36.4 Å². The van der Waals surface area contributed by atoms with Crippen molar-refractivity contribution in [2.75, 3.05) is 25.1 Å². The molecule has 0 radical (unpaired) electrons. The number of ether oxygens (including phenoxy) is 1. The van der Waals surface area contributed by atoms with E-state index in [1.54, 1.807) is 19.8 Å². The normalized spacial score (nSPS) is 17.8. The quantitative estimate of drug-likeness (QED) is 0.732. The van der Waals surface area contributed by atoms with Crippen molar-refractivity contribution in [2.24, 2.45) is 5.92 Å². The van der Waals surface area contributed by atoms with Crippen LogP contribution in [0.25, 0.3) is 10.9 Å². The van der Waals surface area contributed by atoms with E-state index in [-0.39, 0.29) is 0 Å². The van der Waals surface area contributed by atoms with Crippen LogP contribution >= 0.6 is 0 Å². The second-order valence-electron chi connectivity index (χ2n) is 6.71. The fourth-order valence-corrected chi connectivity index (χ4v) is 3.78. The topological polar surface area (TPSA) is 56.1 Å². The molecular weight excluding hydrogens is 314 g/mol. The molecule has 1 atom stereocenters. The molecule has 3 aromatic rings. The zero-order valence-electron chi connectivity index (χ0n) is 14.7. The van der Waals surface area contributed by atoms with Gasteiger partial charge in [-0.2, -0.15) is 5.10 Å². The molecule has 0 spiro atoms. The number of hydrogen-bond donors (Lipinski definition) is 0. The molecule has 1 aliphatic heterocycles. The maximum Gasteiger partial charge on any atom is 0.145 e. The van der Waals surface area contributed by atoms with Gasteiger partial charge in [-0.3, -0.25) is 4.68 Å². The molecule has 130 valence electrons. The second-order valence-corrected chi connectivity index (χ2v) is 6.71. The van der Waals surface area contributed by atoms with Gasteiger partial charge in [0.2, 0.25) is 0 Å². The Balaban J connectivity index is 1.66. The molecule has 1 saturated heterocycles. The molecule has 3 heterocycles. The first kappa shape index (κ1) is 15.9. The van der Waals surface area contributed by atoms with E-state index in [2.05, 4.69) is 27.1 Å². The van der Waals surface area contributed by atoms with Crippen LogP contribution in [0.1, 0.15) is 18.5 Å². The summed E-state index contributed by atoms with van der Waals surface area (Å²) in [4.78, 5) is 11.2. The van der Waals surface area contributed by atoms with Crippen molar-refractivity contribution in [1.82, 2.24) is 19.7 Å². The molecule has 25 heavy (non-hydrogen) atoms. The van der Waals surface area contributed by atoms with Gasteiger partial charge < -0.3 is 9.64 Å². The minimum atomic E-state index is 0.574. The monoisotopic (exact) mass is 337 g/mol. The number of methoxy groups -OCH3 is 1. The maximum absolute atomic E-state index is 5.52. The summed E-state index contributed by atoms with van der Waals surface area (Å²) in [6.45, 7) is 5.06. The number of rotatable bonds is 4. The largest absolute Gasteiger partial charge is 0.494 e. The van der Waals surface area contributed by atoms with E-state index in [1.165, 1.54) is 18.5 Å². The van der Waals surface area contributed by atoms with Crippen molar-refractivity contribution < 1.29 is 4.74 Å².